The van der Waals surface area contributed by atoms with Crippen LogP contribution in [0.1, 0.15) is 32.8 Å². The monoisotopic (exact) mass is 287 g/mol. The predicted molar refractivity (Wildman–Crippen MR) is 70.3 cm³/mol. The maximum Gasteiger partial charge on any atom is 0.127 e. The number of benzene rings is 1. The van der Waals surface area contributed by atoms with E-state index in [9.17, 15) is 4.39 Å². The van der Waals surface area contributed by atoms with E-state index in [1.165, 1.54) is 6.07 Å². The van der Waals surface area contributed by atoms with Gasteiger partial charge in [-0.3, -0.25) is 0 Å². The minimum Gasteiger partial charge on any atom is -0.317 e. The third-order valence-corrected chi connectivity index (χ3v) is 3.46. The summed E-state index contributed by atoms with van der Waals surface area (Å²) in [5.41, 5.74) is 0.597. The van der Waals surface area contributed by atoms with Crippen molar-refractivity contribution >= 4 is 15.9 Å². The van der Waals surface area contributed by atoms with Crippen molar-refractivity contribution in [2.24, 2.45) is 0 Å². The molecule has 1 atom stereocenters. The van der Waals surface area contributed by atoms with Gasteiger partial charge in [0.2, 0.25) is 0 Å². The first-order valence-corrected chi connectivity index (χ1v) is 6.29. The fraction of sp³-hybridized carbons (Fsp3) is 0.538. The lowest BCUT2D eigenvalue weighted by molar-refractivity contribution is 0.390. The summed E-state index contributed by atoms with van der Waals surface area (Å²) in [6, 6.07) is 5.49. The Morgan fingerprint density at radius 2 is 2.06 bits per heavy atom. The van der Waals surface area contributed by atoms with Crippen molar-refractivity contribution in [2.75, 3.05) is 7.05 Å². The smallest absolute Gasteiger partial charge is 0.127 e. The van der Waals surface area contributed by atoms with Gasteiger partial charge in [0.25, 0.3) is 0 Å². The van der Waals surface area contributed by atoms with Crippen LogP contribution in [0.5, 0.6) is 0 Å². The highest BCUT2D eigenvalue weighted by molar-refractivity contribution is 9.10. The van der Waals surface area contributed by atoms with Gasteiger partial charge in [-0.15, -0.1) is 0 Å². The molecule has 0 amide bonds. The first kappa shape index (κ1) is 13.7. The second-order valence-electron chi connectivity index (χ2n) is 4.90. The summed E-state index contributed by atoms with van der Waals surface area (Å²) in [6.45, 7) is 6.26. The molecule has 0 bridgehead atoms. The quantitative estimate of drug-likeness (QED) is 0.887. The van der Waals surface area contributed by atoms with Crippen LogP contribution in [0.3, 0.4) is 0 Å². The molecule has 0 saturated heterocycles. The normalized spacial score (nSPS) is 13.9. The summed E-state index contributed by atoms with van der Waals surface area (Å²) in [4.78, 5) is 0. The first-order chi connectivity index (χ1) is 7.36. The van der Waals surface area contributed by atoms with Gasteiger partial charge in [-0.25, -0.2) is 4.39 Å². The van der Waals surface area contributed by atoms with Gasteiger partial charge < -0.3 is 5.32 Å². The molecule has 1 unspecified atom stereocenters. The average Bonchev–Trinajstić information content (AvgIpc) is 2.20. The van der Waals surface area contributed by atoms with Gasteiger partial charge in [0.1, 0.15) is 5.82 Å². The van der Waals surface area contributed by atoms with E-state index < -0.39 is 0 Å². The zero-order valence-corrected chi connectivity index (χ0v) is 11.9. The number of rotatable bonds is 4. The molecule has 1 N–H and O–H groups in total. The van der Waals surface area contributed by atoms with Crippen LogP contribution in [0.15, 0.2) is 22.7 Å². The fourth-order valence-corrected chi connectivity index (χ4v) is 2.35. The molecule has 3 heteroatoms. The Labute approximate surface area is 106 Å². The van der Waals surface area contributed by atoms with Crippen molar-refractivity contribution in [3.63, 3.8) is 0 Å². The summed E-state index contributed by atoms with van der Waals surface area (Å²) >= 11 is 3.39. The molecule has 0 radical (unpaired) electrons. The molecular weight excluding hydrogens is 269 g/mol. The molecule has 0 fully saturated rings. The SMILES string of the molecule is CNC(C)CC(C)(C)c1cc(Br)ccc1F. The Morgan fingerprint density at radius 3 is 2.62 bits per heavy atom. The molecule has 0 aliphatic rings. The third kappa shape index (κ3) is 3.29. The zero-order chi connectivity index (χ0) is 12.3. The van der Waals surface area contributed by atoms with Crippen LogP contribution >= 0.6 is 15.9 Å². The summed E-state index contributed by atoms with van der Waals surface area (Å²) in [5, 5.41) is 3.19. The molecule has 1 nitrogen and oxygen atoms in total. The Bertz CT molecular complexity index is 363. The number of hydrogen-bond acceptors (Lipinski definition) is 1. The van der Waals surface area contributed by atoms with Crippen molar-refractivity contribution in [2.45, 2.75) is 38.6 Å². The minimum absolute atomic E-state index is 0.128. The van der Waals surface area contributed by atoms with Crippen LogP contribution in [-0.2, 0) is 5.41 Å². The number of halogens is 2. The molecule has 0 aromatic heterocycles. The molecule has 1 rings (SSSR count). The molecular formula is C13H19BrFN. The second-order valence-corrected chi connectivity index (χ2v) is 5.82. The topological polar surface area (TPSA) is 12.0 Å². The highest BCUT2D eigenvalue weighted by Gasteiger charge is 2.26. The van der Waals surface area contributed by atoms with Crippen molar-refractivity contribution in [1.82, 2.24) is 5.32 Å². The molecule has 0 saturated carbocycles. The van der Waals surface area contributed by atoms with Crippen molar-refractivity contribution in [3.05, 3.63) is 34.1 Å². The maximum absolute atomic E-state index is 13.8. The van der Waals surface area contributed by atoms with Gasteiger partial charge in [-0.2, -0.15) is 0 Å². The van der Waals surface area contributed by atoms with Crippen molar-refractivity contribution < 1.29 is 4.39 Å². The zero-order valence-electron chi connectivity index (χ0n) is 10.3. The van der Waals surface area contributed by atoms with Crippen LogP contribution in [0.4, 0.5) is 4.39 Å². The summed E-state index contributed by atoms with van der Waals surface area (Å²) in [6.07, 6.45) is 0.900. The van der Waals surface area contributed by atoms with Crippen LogP contribution in [-0.4, -0.2) is 13.1 Å². The lowest BCUT2D eigenvalue weighted by Gasteiger charge is -2.29. The number of nitrogens with one attached hydrogen (secondary N) is 1. The minimum atomic E-state index is -0.170. The lowest BCUT2D eigenvalue weighted by atomic mass is 9.79. The van der Waals surface area contributed by atoms with E-state index >= 15 is 0 Å². The van der Waals surface area contributed by atoms with E-state index in [1.54, 1.807) is 6.07 Å². The van der Waals surface area contributed by atoms with Crippen molar-refractivity contribution in [1.29, 1.82) is 0 Å². The molecule has 90 valence electrons. The molecule has 0 aliphatic heterocycles. The van der Waals surface area contributed by atoms with Crippen LogP contribution in [0, 0.1) is 5.82 Å². The van der Waals surface area contributed by atoms with Crippen LogP contribution < -0.4 is 5.32 Å². The Morgan fingerprint density at radius 1 is 1.44 bits per heavy atom. The average molecular weight is 288 g/mol. The van der Waals surface area contributed by atoms with E-state index in [4.69, 9.17) is 0 Å². The molecule has 1 aromatic carbocycles. The van der Waals surface area contributed by atoms with Gasteiger partial charge in [-0.1, -0.05) is 29.8 Å². The standard InChI is InChI=1S/C13H19BrFN/c1-9(16-4)8-13(2,3)11-7-10(14)5-6-12(11)15/h5-7,9,16H,8H2,1-4H3. The number of hydrogen-bond donors (Lipinski definition) is 1. The van der Waals surface area contributed by atoms with Crippen molar-refractivity contribution in [3.8, 4) is 0 Å². The van der Waals surface area contributed by atoms with Gasteiger partial charge in [0.05, 0.1) is 0 Å². The van der Waals surface area contributed by atoms with Crippen LogP contribution in [0.2, 0.25) is 0 Å². The third-order valence-electron chi connectivity index (χ3n) is 2.97. The van der Waals surface area contributed by atoms with E-state index in [2.05, 4.69) is 42.0 Å². The van der Waals surface area contributed by atoms with Gasteiger partial charge in [0, 0.05) is 10.5 Å². The Kier molecular flexibility index (Phi) is 4.51. The first-order valence-electron chi connectivity index (χ1n) is 5.49. The molecule has 0 heterocycles. The highest BCUT2D eigenvalue weighted by atomic mass is 79.9. The fourth-order valence-electron chi connectivity index (χ4n) is 1.99. The lowest BCUT2D eigenvalue weighted by Crippen LogP contribution is -2.31. The van der Waals surface area contributed by atoms with Gasteiger partial charge >= 0.3 is 0 Å². The van der Waals surface area contributed by atoms with Gasteiger partial charge in [0.15, 0.2) is 0 Å². The molecule has 16 heavy (non-hydrogen) atoms. The highest BCUT2D eigenvalue weighted by Crippen LogP contribution is 2.32. The molecule has 0 spiro atoms. The largest absolute Gasteiger partial charge is 0.317 e. The van der Waals surface area contributed by atoms with E-state index in [0.717, 1.165) is 16.5 Å². The predicted octanol–water partition coefficient (Wildman–Crippen LogP) is 3.86. The second kappa shape index (κ2) is 5.28. The molecule has 0 aliphatic carbocycles. The van der Waals surface area contributed by atoms with E-state index in [0.29, 0.717) is 6.04 Å². The molecule has 1 aromatic rings. The van der Waals surface area contributed by atoms with E-state index in [1.807, 2.05) is 13.1 Å². The Balaban J connectivity index is 3.01. The summed E-state index contributed by atoms with van der Waals surface area (Å²) < 4.78 is 14.7. The van der Waals surface area contributed by atoms with E-state index in [-0.39, 0.29) is 11.2 Å². The van der Waals surface area contributed by atoms with Gasteiger partial charge in [-0.05, 0) is 49.6 Å². The summed E-state index contributed by atoms with van der Waals surface area (Å²) in [7, 11) is 1.93. The Hall–Kier alpha value is -0.410. The summed E-state index contributed by atoms with van der Waals surface area (Å²) in [5.74, 6) is -0.128. The maximum atomic E-state index is 13.8. The van der Waals surface area contributed by atoms with Crippen LogP contribution in [0.25, 0.3) is 0 Å².